The van der Waals surface area contributed by atoms with Crippen molar-refractivity contribution < 1.29 is 0 Å². The molecule has 0 saturated carbocycles. The first-order valence-electron chi connectivity index (χ1n) is 3.23. The summed E-state index contributed by atoms with van der Waals surface area (Å²) >= 11 is 1.68. The van der Waals surface area contributed by atoms with E-state index in [1.165, 1.54) is 10.0 Å². The van der Waals surface area contributed by atoms with Crippen LogP contribution in [0.25, 0.3) is 0 Å². The van der Waals surface area contributed by atoms with Crippen molar-refractivity contribution in [2.45, 2.75) is 0 Å². The molecule has 0 aliphatic carbocycles. The Morgan fingerprint density at radius 2 is 1.80 bits per heavy atom. The standard InChI is InChI=1S/C8H12AsN/c1-10(2)8-6-4-3-5-7(8)9/h3-6H,9H2,1-2H3. The fourth-order valence-electron chi connectivity index (χ4n) is 0.895. The monoisotopic (exact) mass is 197 g/mol. The van der Waals surface area contributed by atoms with Crippen molar-refractivity contribution in [3.05, 3.63) is 24.3 Å². The van der Waals surface area contributed by atoms with Crippen LogP contribution >= 0.6 is 0 Å². The molecule has 1 aromatic rings. The summed E-state index contributed by atoms with van der Waals surface area (Å²) in [4.78, 5) is 2.14. The van der Waals surface area contributed by atoms with Gasteiger partial charge >= 0.3 is 70.2 Å². The summed E-state index contributed by atoms with van der Waals surface area (Å²) in [7, 11) is 4.14. The van der Waals surface area contributed by atoms with E-state index in [0.717, 1.165) is 0 Å². The molecule has 0 fully saturated rings. The number of benzene rings is 1. The Morgan fingerprint density at radius 3 is 2.20 bits per heavy atom. The fraction of sp³-hybridized carbons (Fsp3) is 0.250. The summed E-state index contributed by atoms with van der Waals surface area (Å²) in [5.74, 6) is 0. The molecular formula is C8H12AsN. The quantitative estimate of drug-likeness (QED) is 0.573. The molecule has 0 aliphatic rings. The molecule has 0 spiro atoms. The summed E-state index contributed by atoms with van der Waals surface area (Å²) in [5, 5.41) is 0. The van der Waals surface area contributed by atoms with E-state index >= 15 is 0 Å². The zero-order valence-electron chi connectivity index (χ0n) is 6.33. The van der Waals surface area contributed by atoms with Crippen molar-refractivity contribution >= 4 is 26.9 Å². The van der Waals surface area contributed by atoms with Crippen molar-refractivity contribution in [3.63, 3.8) is 0 Å². The molecule has 1 unspecified atom stereocenters. The van der Waals surface area contributed by atoms with Crippen molar-refractivity contribution in [1.82, 2.24) is 0 Å². The van der Waals surface area contributed by atoms with Gasteiger partial charge in [-0.05, 0) is 0 Å². The fourth-order valence-corrected chi connectivity index (χ4v) is 1.87. The van der Waals surface area contributed by atoms with E-state index in [9.17, 15) is 0 Å². The van der Waals surface area contributed by atoms with Crippen LogP contribution in [-0.2, 0) is 0 Å². The molecule has 1 atom stereocenters. The van der Waals surface area contributed by atoms with Crippen LogP contribution in [0, 0.1) is 0 Å². The second-order valence-corrected chi connectivity index (χ2v) is 3.76. The van der Waals surface area contributed by atoms with Crippen molar-refractivity contribution in [2.75, 3.05) is 19.0 Å². The summed E-state index contributed by atoms with van der Waals surface area (Å²) in [6.45, 7) is 0. The number of nitrogens with zero attached hydrogens (tertiary/aromatic N) is 1. The molecule has 1 aromatic carbocycles. The van der Waals surface area contributed by atoms with Gasteiger partial charge in [-0.25, -0.2) is 0 Å². The Balaban J connectivity index is 3.03. The van der Waals surface area contributed by atoms with Gasteiger partial charge in [0.1, 0.15) is 0 Å². The molecule has 0 aromatic heterocycles. The Kier molecular flexibility index (Phi) is 2.39. The van der Waals surface area contributed by atoms with Gasteiger partial charge in [-0.15, -0.1) is 0 Å². The number of hydrogen-bond donors (Lipinski definition) is 0. The molecule has 0 N–H and O–H groups in total. The van der Waals surface area contributed by atoms with E-state index in [4.69, 9.17) is 0 Å². The van der Waals surface area contributed by atoms with E-state index < -0.39 is 0 Å². The summed E-state index contributed by atoms with van der Waals surface area (Å²) in [6, 6.07) is 8.43. The second kappa shape index (κ2) is 3.11. The summed E-state index contributed by atoms with van der Waals surface area (Å²) < 4.78 is 1.39. The first kappa shape index (κ1) is 7.68. The van der Waals surface area contributed by atoms with E-state index in [-0.39, 0.29) is 0 Å². The van der Waals surface area contributed by atoms with Crippen LogP contribution in [0.15, 0.2) is 24.3 Å². The van der Waals surface area contributed by atoms with Crippen molar-refractivity contribution in [3.8, 4) is 0 Å². The molecule has 0 aliphatic heterocycles. The van der Waals surface area contributed by atoms with E-state index in [0.29, 0.717) is 0 Å². The van der Waals surface area contributed by atoms with Gasteiger partial charge < -0.3 is 0 Å². The van der Waals surface area contributed by atoms with Crippen LogP contribution in [0.3, 0.4) is 0 Å². The van der Waals surface area contributed by atoms with Crippen LogP contribution in [0.2, 0.25) is 0 Å². The summed E-state index contributed by atoms with van der Waals surface area (Å²) in [6.07, 6.45) is 0. The Hall–Kier alpha value is -0.422. The first-order valence-corrected chi connectivity index (χ1v) is 4.45. The molecule has 0 saturated heterocycles. The third-order valence-electron chi connectivity index (χ3n) is 1.42. The number of rotatable bonds is 1. The first-order chi connectivity index (χ1) is 4.72. The zero-order valence-corrected chi connectivity index (χ0v) is 8.76. The average Bonchev–Trinajstić information content (AvgIpc) is 1.88. The predicted octanol–water partition coefficient (Wildman–Crippen LogP) is 0.0110. The van der Waals surface area contributed by atoms with Gasteiger partial charge in [-0.3, -0.25) is 0 Å². The third-order valence-corrected chi connectivity index (χ3v) is 2.44. The zero-order chi connectivity index (χ0) is 7.56. The van der Waals surface area contributed by atoms with Gasteiger partial charge in [0.05, 0.1) is 0 Å². The van der Waals surface area contributed by atoms with Gasteiger partial charge in [-0.2, -0.15) is 0 Å². The maximum absolute atomic E-state index is 2.15. The van der Waals surface area contributed by atoms with Crippen LogP contribution in [-0.4, -0.2) is 30.9 Å². The summed E-state index contributed by atoms with van der Waals surface area (Å²) in [5.41, 5.74) is 1.32. The van der Waals surface area contributed by atoms with Crippen molar-refractivity contribution in [1.29, 1.82) is 0 Å². The average molecular weight is 197 g/mol. The van der Waals surface area contributed by atoms with Crippen LogP contribution < -0.4 is 9.25 Å². The van der Waals surface area contributed by atoms with Crippen LogP contribution in [0.4, 0.5) is 5.69 Å². The maximum atomic E-state index is 2.15. The Morgan fingerprint density at radius 1 is 1.20 bits per heavy atom. The molecule has 1 nitrogen and oxygen atoms in total. The molecule has 54 valence electrons. The minimum absolute atomic E-state index is 1.32. The van der Waals surface area contributed by atoms with E-state index in [1.807, 2.05) is 0 Å². The molecule has 0 amide bonds. The van der Waals surface area contributed by atoms with Crippen molar-refractivity contribution in [2.24, 2.45) is 0 Å². The van der Waals surface area contributed by atoms with E-state index in [1.54, 1.807) is 16.9 Å². The predicted molar refractivity (Wildman–Crippen MR) is 48.9 cm³/mol. The van der Waals surface area contributed by atoms with Crippen LogP contribution in [0.1, 0.15) is 0 Å². The minimum atomic E-state index is 1.32. The van der Waals surface area contributed by atoms with Gasteiger partial charge in [0.25, 0.3) is 0 Å². The second-order valence-electron chi connectivity index (χ2n) is 2.45. The molecule has 0 radical (unpaired) electrons. The molecular weight excluding hydrogens is 185 g/mol. The number of para-hydroxylation sites is 1. The molecule has 0 heterocycles. The SMILES string of the molecule is CN(C)c1ccccc1[AsH2]. The van der Waals surface area contributed by atoms with Gasteiger partial charge in [0, 0.05) is 0 Å². The van der Waals surface area contributed by atoms with Gasteiger partial charge in [0.15, 0.2) is 0 Å². The third kappa shape index (κ3) is 1.54. The Bertz CT molecular complexity index is 220. The van der Waals surface area contributed by atoms with E-state index in [2.05, 4.69) is 43.3 Å². The molecule has 2 heteroatoms. The molecule has 1 rings (SSSR count). The topological polar surface area (TPSA) is 3.24 Å². The number of anilines is 1. The van der Waals surface area contributed by atoms with Gasteiger partial charge in [0.2, 0.25) is 0 Å². The molecule has 0 bridgehead atoms. The van der Waals surface area contributed by atoms with Crippen LogP contribution in [0.5, 0.6) is 0 Å². The van der Waals surface area contributed by atoms with Gasteiger partial charge in [-0.1, -0.05) is 0 Å². The molecule has 10 heavy (non-hydrogen) atoms. The normalized spacial score (nSPS) is 9.50. The Labute approximate surface area is 70.5 Å². The number of hydrogen-bond acceptors (Lipinski definition) is 1.